The Bertz CT molecular complexity index is 860. The monoisotopic (exact) mass is 387 g/mol. The Kier molecular flexibility index (Phi) is 5.15. The van der Waals surface area contributed by atoms with E-state index in [1.165, 1.54) is 18.6 Å². The Morgan fingerprint density at radius 1 is 1.23 bits per heavy atom. The maximum absolute atomic E-state index is 12.9. The standard InChI is InChI=1S/C16H16F3N3O3S/c17-16(18,19)12-3-1-5-14(9-12)26(23,24)22-8-2-4-13(11-22)25-15-10-20-6-7-21-15/h1,3,5-7,9-10,13H,2,4,8,11H2. The number of halogens is 3. The highest BCUT2D eigenvalue weighted by Gasteiger charge is 2.35. The molecule has 1 aromatic carbocycles. The van der Waals surface area contributed by atoms with E-state index in [1.807, 2.05) is 0 Å². The van der Waals surface area contributed by atoms with Gasteiger partial charge in [-0.15, -0.1) is 0 Å². The maximum atomic E-state index is 12.9. The van der Waals surface area contributed by atoms with Gasteiger partial charge in [0.05, 0.1) is 23.2 Å². The van der Waals surface area contributed by atoms with Gasteiger partial charge in [0.25, 0.3) is 0 Å². The summed E-state index contributed by atoms with van der Waals surface area (Å²) in [4.78, 5) is 7.47. The fourth-order valence-corrected chi connectivity index (χ4v) is 4.28. The van der Waals surface area contributed by atoms with Crippen molar-refractivity contribution in [2.24, 2.45) is 0 Å². The number of hydrogen-bond donors (Lipinski definition) is 0. The van der Waals surface area contributed by atoms with Crippen molar-refractivity contribution in [2.45, 2.75) is 30.0 Å². The molecule has 0 N–H and O–H groups in total. The Morgan fingerprint density at radius 3 is 2.73 bits per heavy atom. The van der Waals surface area contributed by atoms with Crippen molar-refractivity contribution in [1.29, 1.82) is 0 Å². The topological polar surface area (TPSA) is 72.4 Å². The molecule has 3 rings (SSSR count). The second-order valence-electron chi connectivity index (χ2n) is 5.81. The Balaban J connectivity index is 1.79. The summed E-state index contributed by atoms with van der Waals surface area (Å²) < 4.78 is 70.8. The molecule has 0 aliphatic carbocycles. The molecular weight excluding hydrogens is 371 g/mol. The van der Waals surface area contributed by atoms with Gasteiger partial charge in [0, 0.05) is 18.9 Å². The maximum Gasteiger partial charge on any atom is 0.416 e. The fourth-order valence-electron chi connectivity index (χ4n) is 2.72. The number of piperidine rings is 1. The minimum Gasteiger partial charge on any atom is -0.472 e. The summed E-state index contributed by atoms with van der Waals surface area (Å²) in [6.45, 7) is 0.258. The van der Waals surface area contributed by atoms with Crippen LogP contribution in [-0.4, -0.2) is 41.9 Å². The molecule has 2 heterocycles. The van der Waals surface area contributed by atoms with Crippen LogP contribution in [0.15, 0.2) is 47.8 Å². The van der Waals surface area contributed by atoms with Crippen LogP contribution in [0.25, 0.3) is 0 Å². The van der Waals surface area contributed by atoms with Crippen molar-refractivity contribution in [3.63, 3.8) is 0 Å². The van der Waals surface area contributed by atoms with E-state index < -0.39 is 27.9 Å². The molecule has 1 fully saturated rings. The lowest BCUT2D eigenvalue weighted by atomic mass is 10.1. The van der Waals surface area contributed by atoms with Crippen molar-refractivity contribution in [1.82, 2.24) is 14.3 Å². The molecule has 26 heavy (non-hydrogen) atoms. The first-order valence-corrected chi connectivity index (χ1v) is 9.31. The van der Waals surface area contributed by atoms with Crippen molar-refractivity contribution in [2.75, 3.05) is 13.1 Å². The van der Waals surface area contributed by atoms with E-state index in [1.54, 1.807) is 0 Å². The molecule has 1 aliphatic rings. The number of alkyl halides is 3. The van der Waals surface area contributed by atoms with Gasteiger partial charge in [0.1, 0.15) is 6.10 Å². The van der Waals surface area contributed by atoms with E-state index in [9.17, 15) is 21.6 Å². The lowest BCUT2D eigenvalue weighted by Gasteiger charge is -2.31. The van der Waals surface area contributed by atoms with Crippen LogP contribution in [0.1, 0.15) is 18.4 Å². The van der Waals surface area contributed by atoms with Crippen molar-refractivity contribution < 1.29 is 26.3 Å². The van der Waals surface area contributed by atoms with Crippen LogP contribution in [0.2, 0.25) is 0 Å². The van der Waals surface area contributed by atoms with E-state index in [-0.39, 0.29) is 23.9 Å². The Hall–Kier alpha value is -2.20. The lowest BCUT2D eigenvalue weighted by molar-refractivity contribution is -0.137. The van der Waals surface area contributed by atoms with E-state index in [4.69, 9.17) is 4.74 Å². The van der Waals surface area contributed by atoms with E-state index in [0.29, 0.717) is 18.9 Å². The molecule has 6 nitrogen and oxygen atoms in total. The zero-order valence-electron chi connectivity index (χ0n) is 13.6. The number of rotatable bonds is 4. The number of hydrogen-bond acceptors (Lipinski definition) is 5. The molecule has 1 unspecified atom stereocenters. The molecule has 0 amide bonds. The van der Waals surface area contributed by atoms with Gasteiger partial charge >= 0.3 is 6.18 Å². The molecule has 0 spiro atoms. The number of benzene rings is 1. The molecular formula is C16H16F3N3O3S. The van der Waals surface area contributed by atoms with Gasteiger partial charge in [0.2, 0.25) is 15.9 Å². The van der Waals surface area contributed by atoms with Crippen LogP contribution in [0.4, 0.5) is 13.2 Å². The third-order valence-corrected chi connectivity index (χ3v) is 5.83. The predicted molar refractivity (Wildman–Crippen MR) is 85.9 cm³/mol. The second-order valence-corrected chi connectivity index (χ2v) is 7.75. The van der Waals surface area contributed by atoms with E-state index in [0.717, 1.165) is 22.5 Å². The van der Waals surface area contributed by atoms with Gasteiger partial charge in [-0.2, -0.15) is 17.5 Å². The normalized spacial score (nSPS) is 19.3. The number of aromatic nitrogens is 2. The summed E-state index contributed by atoms with van der Waals surface area (Å²) in [6, 6.07) is 3.75. The fraction of sp³-hybridized carbons (Fsp3) is 0.375. The highest BCUT2D eigenvalue weighted by atomic mass is 32.2. The molecule has 1 saturated heterocycles. The van der Waals surface area contributed by atoms with Gasteiger partial charge in [-0.25, -0.2) is 13.4 Å². The molecule has 1 aliphatic heterocycles. The first-order chi connectivity index (χ1) is 12.3. The van der Waals surface area contributed by atoms with Crippen LogP contribution in [-0.2, 0) is 16.2 Å². The predicted octanol–water partition coefficient (Wildman–Crippen LogP) is 2.73. The molecule has 10 heteroatoms. The quantitative estimate of drug-likeness (QED) is 0.807. The van der Waals surface area contributed by atoms with Gasteiger partial charge < -0.3 is 4.74 Å². The number of sulfonamides is 1. The molecule has 0 saturated carbocycles. The van der Waals surface area contributed by atoms with E-state index >= 15 is 0 Å². The van der Waals surface area contributed by atoms with Gasteiger partial charge in [-0.3, -0.25) is 4.98 Å². The Labute approximate surface area is 148 Å². The highest BCUT2D eigenvalue weighted by molar-refractivity contribution is 7.89. The molecule has 1 aromatic heterocycles. The molecule has 0 bridgehead atoms. The van der Waals surface area contributed by atoms with Crippen LogP contribution in [0, 0.1) is 0 Å². The van der Waals surface area contributed by atoms with Crippen molar-refractivity contribution >= 4 is 10.0 Å². The van der Waals surface area contributed by atoms with Gasteiger partial charge in [-0.05, 0) is 31.0 Å². The number of nitrogens with zero attached hydrogens (tertiary/aromatic N) is 3. The van der Waals surface area contributed by atoms with Gasteiger partial charge in [0.15, 0.2) is 0 Å². The summed E-state index contributed by atoms with van der Waals surface area (Å²) in [5.41, 5.74) is -0.997. The SMILES string of the molecule is O=S(=O)(c1cccc(C(F)(F)F)c1)N1CCCC(Oc2cnccn2)C1. The molecule has 140 valence electrons. The van der Waals surface area contributed by atoms with Crippen molar-refractivity contribution in [3.8, 4) is 5.88 Å². The summed E-state index contributed by atoms with van der Waals surface area (Å²) in [5.74, 6) is 0.274. The Morgan fingerprint density at radius 2 is 2.04 bits per heavy atom. The lowest BCUT2D eigenvalue weighted by Crippen LogP contribution is -2.44. The minimum absolute atomic E-state index is 0.0369. The van der Waals surface area contributed by atoms with Crippen LogP contribution < -0.4 is 4.74 Å². The smallest absolute Gasteiger partial charge is 0.416 e. The molecule has 1 atom stereocenters. The average Bonchev–Trinajstić information content (AvgIpc) is 2.62. The van der Waals surface area contributed by atoms with Crippen molar-refractivity contribution in [3.05, 3.63) is 48.4 Å². The minimum atomic E-state index is -4.61. The average molecular weight is 387 g/mol. The third kappa shape index (κ3) is 4.13. The first-order valence-electron chi connectivity index (χ1n) is 7.87. The zero-order chi connectivity index (χ0) is 18.8. The second kappa shape index (κ2) is 7.20. The van der Waals surface area contributed by atoms with Crippen LogP contribution in [0.5, 0.6) is 5.88 Å². The molecule has 2 aromatic rings. The third-order valence-electron chi connectivity index (χ3n) is 3.97. The molecule has 0 radical (unpaired) electrons. The van der Waals surface area contributed by atoms with E-state index in [2.05, 4.69) is 9.97 Å². The van der Waals surface area contributed by atoms with Gasteiger partial charge in [-0.1, -0.05) is 6.07 Å². The highest BCUT2D eigenvalue weighted by Crippen LogP contribution is 2.31. The van der Waals surface area contributed by atoms with Crippen LogP contribution in [0.3, 0.4) is 0 Å². The number of ether oxygens (including phenoxy) is 1. The first kappa shape index (κ1) is 18.6. The summed E-state index contributed by atoms with van der Waals surface area (Å²) in [6.07, 6.45) is 0.452. The zero-order valence-corrected chi connectivity index (χ0v) is 14.4. The largest absolute Gasteiger partial charge is 0.472 e. The summed E-state index contributed by atoms with van der Waals surface area (Å²) in [7, 11) is -4.05. The summed E-state index contributed by atoms with van der Waals surface area (Å²) in [5, 5.41) is 0. The van der Waals surface area contributed by atoms with Crippen LogP contribution >= 0.6 is 0 Å². The summed E-state index contributed by atoms with van der Waals surface area (Å²) >= 11 is 0.